The van der Waals surface area contributed by atoms with Gasteiger partial charge in [0.25, 0.3) is 0 Å². The third-order valence-electron chi connectivity index (χ3n) is 6.68. The molecule has 1 saturated heterocycles. The predicted molar refractivity (Wildman–Crippen MR) is 141 cm³/mol. The highest BCUT2D eigenvalue weighted by Crippen LogP contribution is 2.26. The summed E-state index contributed by atoms with van der Waals surface area (Å²) in [5, 5.41) is 10.4. The average Bonchev–Trinajstić information content (AvgIpc) is 3.25. The summed E-state index contributed by atoms with van der Waals surface area (Å²) in [5.41, 5.74) is 2.17. The monoisotopic (exact) mass is 493 g/mol. The molecule has 3 aromatic rings. The zero-order valence-corrected chi connectivity index (χ0v) is 21.4. The predicted octanol–water partition coefficient (Wildman–Crippen LogP) is 4.99. The van der Waals surface area contributed by atoms with Crippen LogP contribution in [0.2, 0.25) is 0 Å². The van der Waals surface area contributed by atoms with E-state index in [-0.39, 0.29) is 11.9 Å². The Morgan fingerprint density at radius 1 is 1.17 bits per heavy atom. The zero-order valence-electron chi connectivity index (χ0n) is 20.6. The number of likely N-dealkylation sites (tertiary alicyclic amines) is 1. The molecular weight excluding hydrogens is 458 g/mol. The van der Waals surface area contributed by atoms with Crippen molar-refractivity contribution in [2.45, 2.75) is 45.7 Å². The van der Waals surface area contributed by atoms with E-state index in [1.165, 1.54) is 18.4 Å². The first-order valence-electron chi connectivity index (χ1n) is 12.5. The molecule has 35 heavy (non-hydrogen) atoms. The minimum Gasteiger partial charge on any atom is -0.494 e. The lowest BCUT2D eigenvalue weighted by molar-refractivity contribution is -0.121. The van der Waals surface area contributed by atoms with Crippen LogP contribution in [0.4, 0.5) is 0 Å². The van der Waals surface area contributed by atoms with Crippen molar-refractivity contribution < 1.29 is 9.53 Å². The van der Waals surface area contributed by atoms with Crippen molar-refractivity contribution in [1.29, 1.82) is 0 Å². The molecule has 1 atom stereocenters. The van der Waals surface area contributed by atoms with Crippen LogP contribution in [0.15, 0.2) is 54.6 Å². The Labute approximate surface area is 212 Å². The van der Waals surface area contributed by atoms with Crippen molar-refractivity contribution in [2.24, 2.45) is 5.92 Å². The molecule has 1 fully saturated rings. The van der Waals surface area contributed by atoms with Crippen LogP contribution in [-0.2, 0) is 11.3 Å². The second-order valence-electron chi connectivity index (χ2n) is 9.16. The molecule has 0 bridgehead atoms. The van der Waals surface area contributed by atoms with Crippen LogP contribution in [0.25, 0.3) is 11.4 Å². The molecular formula is C27H35N5O2S. The van der Waals surface area contributed by atoms with Gasteiger partial charge >= 0.3 is 0 Å². The highest BCUT2D eigenvalue weighted by atomic mass is 32.1. The first kappa shape index (κ1) is 25.1. The molecule has 1 aliphatic heterocycles. The summed E-state index contributed by atoms with van der Waals surface area (Å²) >= 11 is 5.44. The van der Waals surface area contributed by atoms with E-state index in [2.05, 4.69) is 51.6 Å². The number of rotatable bonds is 10. The number of benzene rings is 2. The molecule has 0 saturated carbocycles. The van der Waals surface area contributed by atoms with Gasteiger partial charge in [-0.15, -0.1) is 0 Å². The molecule has 1 unspecified atom stereocenters. The third-order valence-corrected chi connectivity index (χ3v) is 6.99. The van der Waals surface area contributed by atoms with Gasteiger partial charge in [-0.3, -0.25) is 19.4 Å². The molecule has 0 spiro atoms. The molecule has 2 aromatic carbocycles. The number of carbonyl (C=O) groups is 1. The second-order valence-corrected chi connectivity index (χ2v) is 9.55. The maximum atomic E-state index is 12.9. The Kier molecular flexibility index (Phi) is 8.71. The molecule has 1 amide bonds. The fourth-order valence-electron chi connectivity index (χ4n) is 4.60. The van der Waals surface area contributed by atoms with Crippen LogP contribution in [0.3, 0.4) is 0 Å². The molecule has 8 heteroatoms. The van der Waals surface area contributed by atoms with Crippen molar-refractivity contribution in [3.8, 4) is 17.1 Å². The van der Waals surface area contributed by atoms with Crippen molar-refractivity contribution in [3.05, 3.63) is 64.9 Å². The highest BCUT2D eigenvalue weighted by Gasteiger charge is 2.25. The number of H-pyrrole nitrogens is 1. The maximum absolute atomic E-state index is 12.9. The molecule has 1 aliphatic rings. The molecule has 1 aromatic heterocycles. The summed E-state index contributed by atoms with van der Waals surface area (Å²) in [7, 11) is 0. The molecule has 7 nitrogen and oxygen atoms in total. The number of hydrogen-bond acceptors (Lipinski definition) is 5. The van der Waals surface area contributed by atoms with Gasteiger partial charge in [0.05, 0.1) is 12.6 Å². The average molecular weight is 494 g/mol. The normalized spacial score (nSPS) is 15.6. The van der Waals surface area contributed by atoms with E-state index in [0.717, 1.165) is 36.1 Å². The molecule has 186 valence electrons. The number of hydrogen-bond donors (Lipinski definition) is 2. The van der Waals surface area contributed by atoms with E-state index in [9.17, 15) is 4.79 Å². The third kappa shape index (κ3) is 6.58. The number of nitrogens with zero attached hydrogens (tertiary/aromatic N) is 3. The molecule has 2 heterocycles. The van der Waals surface area contributed by atoms with Gasteiger partial charge in [0.2, 0.25) is 5.91 Å². The topological polar surface area (TPSA) is 75.2 Å². The van der Waals surface area contributed by atoms with E-state index in [0.29, 0.717) is 30.9 Å². The van der Waals surface area contributed by atoms with E-state index < -0.39 is 0 Å². The lowest BCUT2D eigenvalue weighted by Crippen LogP contribution is -2.42. The molecule has 2 N–H and O–H groups in total. The van der Waals surface area contributed by atoms with Crippen LogP contribution in [-0.4, -0.2) is 51.8 Å². The van der Waals surface area contributed by atoms with E-state index >= 15 is 0 Å². The van der Waals surface area contributed by atoms with Gasteiger partial charge in [0, 0.05) is 25.1 Å². The number of amides is 1. The van der Waals surface area contributed by atoms with Crippen LogP contribution < -0.4 is 10.1 Å². The molecule has 4 rings (SSSR count). The zero-order chi connectivity index (χ0) is 24.6. The smallest absolute Gasteiger partial charge is 0.221 e. The van der Waals surface area contributed by atoms with Gasteiger partial charge in [-0.1, -0.05) is 37.3 Å². The molecule has 0 radical (unpaired) electrons. The fraction of sp³-hybridized carbons (Fsp3) is 0.444. The SMILES string of the molecule is CCOc1ccc(-c2n[nH]c(=S)n2CCC(=O)NCC(c2ccccc2)N2CCC(C)CC2)cc1. The van der Waals surface area contributed by atoms with Crippen molar-refractivity contribution in [2.75, 3.05) is 26.2 Å². The Morgan fingerprint density at radius 3 is 2.57 bits per heavy atom. The van der Waals surface area contributed by atoms with E-state index in [1.807, 2.05) is 41.8 Å². The Hall–Kier alpha value is -2.97. The number of carbonyl (C=O) groups excluding carboxylic acids is 1. The van der Waals surface area contributed by atoms with Crippen LogP contribution in [0.5, 0.6) is 5.75 Å². The lowest BCUT2D eigenvalue weighted by Gasteiger charge is -2.37. The summed E-state index contributed by atoms with van der Waals surface area (Å²) in [6.07, 6.45) is 2.73. The van der Waals surface area contributed by atoms with Crippen molar-refractivity contribution in [1.82, 2.24) is 25.0 Å². The summed E-state index contributed by atoms with van der Waals surface area (Å²) in [5.74, 6) is 2.31. The van der Waals surface area contributed by atoms with Crippen molar-refractivity contribution >= 4 is 18.1 Å². The second kappa shape index (κ2) is 12.1. The number of nitrogens with one attached hydrogen (secondary N) is 2. The minimum atomic E-state index is 0.0112. The number of ether oxygens (including phenoxy) is 1. The van der Waals surface area contributed by atoms with E-state index in [4.69, 9.17) is 17.0 Å². The Morgan fingerprint density at radius 2 is 1.89 bits per heavy atom. The van der Waals surface area contributed by atoms with Gasteiger partial charge in [0.1, 0.15) is 5.75 Å². The van der Waals surface area contributed by atoms with Gasteiger partial charge in [-0.25, -0.2) is 0 Å². The molecule has 0 aliphatic carbocycles. The largest absolute Gasteiger partial charge is 0.494 e. The Bertz CT molecular complexity index is 1130. The van der Waals surface area contributed by atoms with Gasteiger partial charge in [-0.05, 0) is 80.8 Å². The first-order valence-corrected chi connectivity index (χ1v) is 12.9. The summed E-state index contributed by atoms with van der Waals surface area (Å²) in [4.78, 5) is 15.4. The summed E-state index contributed by atoms with van der Waals surface area (Å²) in [6.45, 7) is 8.08. The highest BCUT2D eigenvalue weighted by molar-refractivity contribution is 7.71. The number of piperidine rings is 1. The standard InChI is InChI=1S/C27H35N5O2S/c1-3-34-23-11-9-22(10-12-23)26-29-30-27(35)32(26)18-15-25(33)28-19-24(21-7-5-4-6-8-21)31-16-13-20(2)14-17-31/h4-12,20,24H,3,13-19H2,1-2H3,(H,28,33)(H,30,35). The number of aromatic nitrogens is 3. The number of aromatic amines is 1. The van der Waals surface area contributed by atoms with Gasteiger partial charge in [0.15, 0.2) is 10.6 Å². The van der Waals surface area contributed by atoms with Crippen LogP contribution in [0, 0.1) is 10.7 Å². The lowest BCUT2D eigenvalue weighted by atomic mass is 9.95. The van der Waals surface area contributed by atoms with Gasteiger partial charge in [-0.2, -0.15) is 5.10 Å². The quantitative estimate of drug-likeness (QED) is 0.390. The fourth-order valence-corrected chi connectivity index (χ4v) is 4.82. The summed E-state index contributed by atoms with van der Waals surface area (Å²) in [6, 6.07) is 18.4. The van der Waals surface area contributed by atoms with Crippen molar-refractivity contribution in [3.63, 3.8) is 0 Å². The maximum Gasteiger partial charge on any atom is 0.221 e. The Balaban J connectivity index is 1.38. The summed E-state index contributed by atoms with van der Waals surface area (Å²) < 4.78 is 7.91. The minimum absolute atomic E-state index is 0.0112. The van der Waals surface area contributed by atoms with Gasteiger partial charge < -0.3 is 10.1 Å². The first-order chi connectivity index (χ1) is 17.0. The van der Waals surface area contributed by atoms with Crippen LogP contribution in [0.1, 0.15) is 44.7 Å². The van der Waals surface area contributed by atoms with E-state index in [1.54, 1.807) is 0 Å². The van der Waals surface area contributed by atoms with Crippen LogP contribution >= 0.6 is 12.2 Å².